The van der Waals surface area contributed by atoms with Crippen LogP contribution >= 0.6 is 0 Å². The van der Waals surface area contributed by atoms with Crippen LogP contribution in [-0.2, 0) is 34.0 Å². The number of aliphatic carboxylic acids is 2. The Balaban J connectivity index is -0.000000126. The number of carboxylic acid groups (broad SMARTS) is 2. The third-order valence-corrected chi connectivity index (χ3v) is 2.31. The number of carboxylic acids is 2. The average Bonchev–Trinajstić information content (AvgIpc) is 2.09. The summed E-state index contributed by atoms with van der Waals surface area (Å²) in [6.07, 6.45) is -4.53. The van der Waals surface area contributed by atoms with E-state index in [2.05, 4.69) is 3.63 Å². The quantitative estimate of drug-likeness (QED) is 0.189. The molecule has 2 atom stereocenters. The van der Waals surface area contributed by atoms with E-state index in [4.69, 9.17) is 20.4 Å². The minimum Gasteiger partial charge on any atom is -0.725 e. The number of hydrogen-bond donors (Lipinski definition) is 4. The molecule has 0 radical (unpaired) electrons. The summed E-state index contributed by atoms with van der Waals surface area (Å²) in [5.74, 6) is -3.54. The molecule has 0 heterocycles. The van der Waals surface area contributed by atoms with Gasteiger partial charge in [0.1, 0.15) is 0 Å². The van der Waals surface area contributed by atoms with Crippen LogP contribution in [0.3, 0.4) is 0 Å². The molecule has 0 amide bonds. The van der Waals surface area contributed by atoms with Crippen molar-refractivity contribution in [2.75, 3.05) is 0 Å². The zero-order chi connectivity index (χ0) is 16.0. The fourth-order valence-corrected chi connectivity index (χ4v) is 1.19. The Labute approximate surface area is 203 Å². The van der Waals surface area contributed by atoms with Crippen LogP contribution in [0.2, 0.25) is 0 Å². The summed E-state index contributed by atoms with van der Waals surface area (Å²) in [6.45, 7) is 0. The van der Waals surface area contributed by atoms with E-state index in [1.54, 1.807) is 0 Å². The third kappa shape index (κ3) is 21.9. The Kier molecular flexibility index (Phi) is 19.4. The van der Waals surface area contributed by atoms with Gasteiger partial charge in [0, 0.05) is 0 Å². The van der Waals surface area contributed by atoms with Gasteiger partial charge in [0.05, 0.1) is 0 Å². The molecule has 21 heavy (non-hydrogen) atoms. The zero-order valence-corrected chi connectivity index (χ0v) is 18.3. The Morgan fingerprint density at radius 2 is 1.00 bits per heavy atom. The van der Waals surface area contributed by atoms with Crippen LogP contribution in [0.25, 0.3) is 0 Å². The minimum atomic E-state index is -5.43. The molecule has 0 aliphatic rings. The van der Waals surface area contributed by atoms with Gasteiger partial charge < -0.3 is 29.5 Å². The Hall–Kier alpha value is 1.91. The van der Waals surface area contributed by atoms with E-state index in [9.17, 15) is 35.5 Å². The van der Waals surface area contributed by atoms with Gasteiger partial charge in [0.15, 0.2) is 12.2 Å². The predicted molar refractivity (Wildman–Crippen MR) is 47.8 cm³/mol. The Morgan fingerprint density at radius 1 is 0.810 bits per heavy atom. The van der Waals surface area contributed by atoms with Crippen LogP contribution < -0.4 is 103 Å². The number of rotatable bonds is 5. The molecule has 0 saturated heterocycles. The smallest absolute Gasteiger partial charge is 0.725 e. The molecule has 17 heteroatoms. The summed E-state index contributed by atoms with van der Waals surface area (Å²) in [4.78, 5) is 19.5. The van der Waals surface area contributed by atoms with Crippen LogP contribution in [0.5, 0.6) is 0 Å². The van der Waals surface area contributed by atoms with E-state index in [0.717, 1.165) is 0 Å². The van der Waals surface area contributed by atoms with Crippen molar-refractivity contribution >= 4 is 32.7 Å². The SMILES string of the molecule is O=C(O)C(O)C(O)C(=O)O.O=S(=O)([O-])OS(=O)(=O)[O-].[K+].[K+]. The van der Waals surface area contributed by atoms with Gasteiger partial charge in [0.25, 0.3) is 0 Å². The van der Waals surface area contributed by atoms with Crippen molar-refractivity contribution in [2.24, 2.45) is 0 Å². The summed E-state index contributed by atoms with van der Waals surface area (Å²) in [5, 5.41) is 32.5. The molecule has 0 bridgehead atoms. The molecule has 4 N–H and O–H groups in total. The standard InChI is InChI=1S/C4H6O6.2K.H2O7S2/c5-1(3(7)8)2(6)4(9)10;;;1-8(2,3)7-9(4,5)6/h1-2,5-6H,(H,7,8)(H,9,10);;;(H,1,2,3)(H,4,5,6)/q;2*+1;/p-2. The molecule has 2 unspecified atom stereocenters. The molecule has 0 aromatic heterocycles. The van der Waals surface area contributed by atoms with Gasteiger partial charge in [-0.05, 0) is 0 Å². The van der Waals surface area contributed by atoms with Crippen LogP contribution in [0.4, 0.5) is 0 Å². The van der Waals surface area contributed by atoms with Gasteiger partial charge in [-0.2, -0.15) is 3.63 Å². The molecule has 13 nitrogen and oxygen atoms in total. The second kappa shape index (κ2) is 13.2. The van der Waals surface area contributed by atoms with E-state index in [1.807, 2.05) is 0 Å². The molecular weight excluding hydrogens is 398 g/mol. The van der Waals surface area contributed by atoms with Crippen molar-refractivity contribution in [3.8, 4) is 0 Å². The molecule has 0 aromatic rings. The molecule has 0 aliphatic carbocycles. The van der Waals surface area contributed by atoms with Gasteiger partial charge in [-0.1, -0.05) is 0 Å². The van der Waals surface area contributed by atoms with E-state index in [1.165, 1.54) is 0 Å². The molecule has 0 fully saturated rings. The van der Waals surface area contributed by atoms with Gasteiger partial charge in [0.2, 0.25) is 20.8 Å². The monoisotopic (exact) mass is 404 g/mol. The first kappa shape index (κ1) is 30.8. The predicted octanol–water partition coefficient (Wildman–Crippen LogP) is -10.2. The molecular formula is C4H6K2O13S2. The van der Waals surface area contributed by atoms with E-state index in [-0.39, 0.29) is 103 Å². The maximum atomic E-state index is 9.77. The van der Waals surface area contributed by atoms with Gasteiger partial charge in [-0.3, -0.25) is 0 Å². The maximum Gasteiger partial charge on any atom is 1.00 e. The maximum absolute atomic E-state index is 9.77. The van der Waals surface area contributed by atoms with Crippen molar-refractivity contribution in [1.29, 1.82) is 0 Å². The first-order chi connectivity index (χ1) is 8.17. The minimum absolute atomic E-state index is 0. The summed E-state index contributed by atoms with van der Waals surface area (Å²) in [5.41, 5.74) is 0. The van der Waals surface area contributed by atoms with Crippen molar-refractivity contribution in [3.05, 3.63) is 0 Å². The van der Waals surface area contributed by atoms with Crippen LogP contribution in [0.15, 0.2) is 0 Å². The van der Waals surface area contributed by atoms with E-state index >= 15 is 0 Å². The van der Waals surface area contributed by atoms with Crippen molar-refractivity contribution in [3.63, 3.8) is 0 Å². The third-order valence-electron chi connectivity index (χ3n) is 0.972. The number of aliphatic hydroxyl groups is 2. The van der Waals surface area contributed by atoms with Crippen molar-refractivity contribution < 1.29 is 162 Å². The molecule has 0 aromatic carbocycles. The van der Waals surface area contributed by atoms with Crippen LogP contribution in [0, 0.1) is 0 Å². The van der Waals surface area contributed by atoms with Crippen molar-refractivity contribution in [2.45, 2.75) is 12.2 Å². The fourth-order valence-electron chi connectivity index (χ4n) is 0.372. The van der Waals surface area contributed by atoms with Gasteiger partial charge in [-0.25, -0.2) is 26.4 Å². The number of aliphatic hydroxyl groups excluding tert-OH is 2. The fraction of sp³-hybridized carbons (Fsp3) is 0.500. The van der Waals surface area contributed by atoms with E-state index < -0.39 is 44.9 Å². The van der Waals surface area contributed by atoms with Crippen molar-refractivity contribution in [1.82, 2.24) is 0 Å². The summed E-state index contributed by atoms with van der Waals surface area (Å²) in [6, 6.07) is 0. The Bertz CT molecular complexity index is 474. The number of hydrogen-bond acceptors (Lipinski definition) is 11. The zero-order valence-electron chi connectivity index (χ0n) is 10.4. The normalized spacial score (nSPS) is 13.3. The second-order valence-corrected chi connectivity index (χ2v) is 4.63. The van der Waals surface area contributed by atoms with Gasteiger partial charge >= 0.3 is 115 Å². The molecule has 0 aliphatic heterocycles. The molecule has 114 valence electrons. The topological polar surface area (TPSA) is 239 Å². The first-order valence-corrected chi connectivity index (χ1v) is 6.28. The summed E-state index contributed by atoms with van der Waals surface area (Å²) >= 11 is 0. The number of carbonyl (C=O) groups is 2. The molecule has 0 rings (SSSR count). The molecule has 0 saturated carbocycles. The second-order valence-electron chi connectivity index (χ2n) is 2.45. The molecule has 0 spiro atoms. The summed E-state index contributed by atoms with van der Waals surface area (Å²) in [7, 11) is -10.9. The summed E-state index contributed by atoms with van der Waals surface area (Å²) < 4.78 is 58.2. The van der Waals surface area contributed by atoms with Crippen LogP contribution in [-0.4, -0.2) is 70.5 Å². The van der Waals surface area contributed by atoms with Crippen LogP contribution in [0.1, 0.15) is 0 Å². The average molecular weight is 404 g/mol. The Morgan fingerprint density at radius 3 is 1.05 bits per heavy atom. The van der Waals surface area contributed by atoms with Gasteiger partial charge in [-0.15, -0.1) is 0 Å². The van der Waals surface area contributed by atoms with E-state index in [0.29, 0.717) is 0 Å². The first-order valence-electron chi connectivity index (χ1n) is 3.62. The largest absolute Gasteiger partial charge is 1.00 e.